The maximum absolute atomic E-state index is 13.1. The summed E-state index contributed by atoms with van der Waals surface area (Å²) >= 11 is 0. The van der Waals surface area contributed by atoms with E-state index in [4.69, 9.17) is 4.74 Å². The molecule has 3 atom stereocenters. The van der Waals surface area contributed by atoms with Crippen molar-refractivity contribution in [2.24, 2.45) is 5.92 Å². The van der Waals surface area contributed by atoms with E-state index in [0.29, 0.717) is 17.5 Å². The summed E-state index contributed by atoms with van der Waals surface area (Å²) in [7, 11) is -2.99. The van der Waals surface area contributed by atoms with Gasteiger partial charge in [-0.2, -0.15) is 0 Å². The molecule has 3 unspecified atom stereocenters. The number of rotatable bonds is 7. The van der Waals surface area contributed by atoms with Gasteiger partial charge in [-0.25, -0.2) is 8.42 Å². The van der Waals surface area contributed by atoms with Crippen molar-refractivity contribution in [3.63, 3.8) is 0 Å². The van der Waals surface area contributed by atoms with Crippen LogP contribution in [0.1, 0.15) is 18.4 Å². The third kappa shape index (κ3) is 5.88. The molecule has 0 aromatic heterocycles. The van der Waals surface area contributed by atoms with Gasteiger partial charge in [-0.3, -0.25) is 4.79 Å². The Bertz CT molecular complexity index is 1160. The lowest BCUT2D eigenvalue weighted by Gasteiger charge is -2.25. The molecular formula is C23H26F3N3O5S. The molecule has 0 spiro atoms. The predicted molar refractivity (Wildman–Crippen MR) is 120 cm³/mol. The molecule has 190 valence electrons. The SMILES string of the molecule is COc1ccc(OC(F)(F)F)cc1S(=O)(=O)c1ccc(CNC(=O)C2CC3CNCCC3N2)cc1. The average molecular weight is 514 g/mol. The fourth-order valence-electron chi connectivity index (χ4n) is 4.49. The Labute approximate surface area is 201 Å². The minimum Gasteiger partial charge on any atom is -0.495 e. The van der Waals surface area contributed by atoms with Crippen LogP contribution in [0.2, 0.25) is 0 Å². The number of carbonyl (C=O) groups excluding carboxylic acids is 1. The van der Waals surface area contributed by atoms with Crippen LogP contribution < -0.4 is 25.4 Å². The number of hydrogen-bond donors (Lipinski definition) is 3. The first-order chi connectivity index (χ1) is 16.6. The van der Waals surface area contributed by atoms with Crippen LogP contribution in [-0.2, 0) is 21.2 Å². The van der Waals surface area contributed by atoms with E-state index >= 15 is 0 Å². The number of amides is 1. The molecule has 2 aromatic carbocycles. The van der Waals surface area contributed by atoms with Gasteiger partial charge in [0.15, 0.2) is 0 Å². The van der Waals surface area contributed by atoms with Gasteiger partial charge in [-0.1, -0.05) is 12.1 Å². The van der Waals surface area contributed by atoms with E-state index < -0.39 is 26.8 Å². The lowest BCUT2D eigenvalue weighted by atomic mass is 9.94. The smallest absolute Gasteiger partial charge is 0.495 e. The van der Waals surface area contributed by atoms with Crippen molar-refractivity contribution in [3.05, 3.63) is 48.0 Å². The summed E-state index contributed by atoms with van der Waals surface area (Å²) in [6.07, 6.45) is -3.22. The highest BCUT2D eigenvalue weighted by Gasteiger charge is 2.38. The third-order valence-electron chi connectivity index (χ3n) is 6.24. The lowest BCUT2D eigenvalue weighted by Crippen LogP contribution is -2.45. The van der Waals surface area contributed by atoms with Crippen LogP contribution in [0.15, 0.2) is 52.3 Å². The Balaban J connectivity index is 1.43. The molecule has 0 radical (unpaired) electrons. The predicted octanol–water partition coefficient (Wildman–Crippen LogP) is 2.38. The zero-order valence-corrected chi connectivity index (χ0v) is 19.7. The number of benzene rings is 2. The first-order valence-electron chi connectivity index (χ1n) is 11.1. The number of methoxy groups -OCH3 is 1. The summed E-state index contributed by atoms with van der Waals surface area (Å²) in [6.45, 7) is 2.04. The average Bonchev–Trinajstić information content (AvgIpc) is 3.26. The minimum atomic E-state index is -4.97. The number of nitrogens with one attached hydrogen (secondary N) is 3. The van der Waals surface area contributed by atoms with Crippen LogP contribution in [0.4, 0.5) is 13.2 Å². The quantitative estimate of drug-likeness (QED) is 0.522. The number of ether oxygens (including phenoxy) is 2. The zero-order chi connectivity index (χ0) is 25.2. The van der Waals surface area contributed by atoms with E-state index in [1.54, 1.807) is 12.1 Å². The number of piperidine rings is 1. The third-order valence-corrected chi connectivity index (χ3v) is 8.03. The number of alkyl halides is 3. The van der Waals surface area contributed by atoms with Gasteiger partial charge in [0.1, 0.15) is 16.4 Å². The van der Waals surface area contributed by atoms with Gasteiger partial charge in [0.25, 0.3) is 0 Å². The second kappa shape index (κ2) is 10.0. The van der Waals surface area contributed by atoms with Crippen molar-refractivity contribution >= 4 is 15.7 Å². The summed E-state index contributed by atoms with van der Waals surface area (Å²) < 4.78 is 72.9. The van der Waals surface area contributed by atoms with Crippen LogP contribution in [0.25, 0.3) is 0 Å². The molecule has 3 N–H and O–H groups in total. The Hall–Kier alpha value is -2.83. The molecule has 2 heterocycles. The molecule has 0 bridgehead atoms. The maximum atomic E-state index is 13.1. The van der Waals surface area contributed by atoms with Crippen molar-refractivity contribution in [1.82, 2.24) is 16.0 Å². The first kappa shape index (κ1) is 25.3. The second-order valence-electron chi connectivity index (χ2n) is 8.54. The van der Waals surface area contributed by atoms with Gasteiger partial charge in [0.05, 0.1) is 18.0 Å². The molecule has 2 saturated heterocycles. The molecule has 1 amide bonds. The fourth-order valence-corrected chi connectivity index (χ4v) is 5.93. The van der Waals surface area contributed by atoms with E-state index in [9.17, 15) is 26.4 Å². The number of fused-ring (bicyclic) bond motifs is 1. The molecule has 2 aliphatic rings. The highest BCUT2D eigenvalue weighted by Crippen LogP contribution is 2.34. The van der Waals surface area contributed by atoms with Gasteiger partial charge in [-0.05, 0) is 61.7 Å². The topological polar surface area (TPSA) is 106 Å². The van der Waals surface area contributed by atoms with Crippen LogP contribution in [0.3, 0.4) is 0 Å². The van der Waals surface area contributed by atoms with Crippen LogP contribution in [0, 0.1) is 5.92 Å². The molecule has 2 aliphatic heterocycles. The molecule has 35 heavy (non-hydrogen) atoms. The van der Waals surface area contributed by atoms with Crippen LogP contribution in [-0.4, -0.2) is 53.0 Å². The van der Waals surface area contributed by atoms with E-state index in [1.807, 2.05) is 0 Å². The van der Waals surface area contributed by atoms with Crippen LogP contribution >= 0.6 is 0 Å². The molecule has 0 saturated carbocycles. The first-order valence-corrected chi connectivity index (χ1v) is 12.6. The van der Waals surface area contributed by atoms with Crippen molar-refractivity contribution < 1.29 is 35.9 Å². The van der Waals surface area contributed by atoms with Crippen molar-refractivity contribution in [2.45, 2.75) is 47.6 Å². The summed E-state index contributed by atoms with van der Waals surface area (Å²) in [5.74, 6) is -0.466. The molecular weight excluding hydrogens is 487 g/mol. The molecule has 0 aliphatic carbocycles. The Morgan fingerprint density at radius 1 is 1.17 bits per heavy atom. The Kier molecular flexibility index (Phi) is 7.25. The van der Waals surface area contributed by atoms with Gasteiger partial charge in [0, 0.05) is 18.7 Å². The van der Waals surface area contributed by atoms with Gasteiger partial charge >= 0.3 is 6.36 Å². The number of sulfone groups is 1. The van der Waals surface area contributed by atoms with Gasteiger partial charge in [0.2, 0.25) is 15.7 Å². The molecule has 2 fully saturated rings. The van der Waals surface area contributed by atoms with Crippen LogP contribution in [0.5, 0.6) is 11.5 Å². The minimum absolute atomic E-state index is 0.109. The summed E-state index contributed by atoms with van der Waals surface area (Å²) in [4.78, 5) is 12.0. The fraction of sp³-hybridized carbons (Fsp3) is 0.435. The molecule has 12 heteroatoms. The standard InChI is InChI=1S/C23H26F3N3O5S/c1-33-20-7-4-16(34-23(24,25)26)11-21(20)35(31,32)17-5-2-14(3-6-17)12-28-22(30)19-10-15-13-27-9-8-18(15)29-19/h2-7,11,15,18-19,27,29H,8-10,12-13H2,1H3,(H,28,30). The van der Waals surface area contributed by atoms with Crippen molar-refractivity contribution in [2.75, 3.05) is 20.2 Å². The van der Waals surface area contributed by atoms with E-state index in [0.717, 1.165) is 44.1 Å². The summed E-state index contributed by atoms with van der Waals surface area (Å²) in [5, 5.41) is 9.59. The largest absolute Gasteiger partial charge is 0.573 e. The molecule has 2 aromatic rings. The monoisotopic (exact) mass is 513 g/mol. The Morgan fingerprint density at radius 2 is 1.91 bits per heavy atom. The number of halogens is 3. The van der Waals surface area contributed by atoms with E-state index in [1.165, 1.54) is 19.2 Å². The Morgan fingerprint density at radius 3 is 2.57 bits per heavy atom. The molecule has 4 rings (SSSR count). The second-order valence-corrected chi connectivity index (χ2v) is 10.5. The summed E-state index contributed by atoms with van der Waals surface area (Å²) in [5.41, 5.74) is 0.676. The molecule has 8 nitrogen and oxygen atoms in total. The summed E-state index contributed by atoms with van der Waals surface area (Å²) in [6, 6.07) is 8.68. The van der Waals surface area contributed by atoms with Crippen molar-refractivity contribution in [3.8, 4) is 11.5 Å². The number of hydrogen-bond acceptors (Lipinski definition) is 7. The highest BCUT2D eigenvalue weighted by molar-refractivity contribution is 7.91. The maximum Gasteiger partial charge on any atom is 0.573 e. The van der Waals surface area contributed by atoms with E-state index in [2.05, 4.69) is 20.7 Å². The van der Waals surface area contributed by atoms with E-state index in [-0.39, 0.29) is 29.1 Å². The number of carbonyl (C=O) groups is 1. The zero-order valence-electron chi connectivity index (χ0n) is 18.9. The van der Waals surface area contributed by atoms with Gasteiger partial charge in [-0.15, -0.1) is 13.2 Å². The normalized spacial score (nSPS) is 22.3. The van der Waals surface area contributed by atoms with Crippen molar-refractivity contribution in [1.29, 1.82) is 0 Å². The van der Waals surface area contributed by atoms with Gasteiger partial charge < -0.3 is 25.4 Å². The highest BCUT2D eigenvalue weighted by atomic mass is 32.2. The lowest BCUT2D eigenvalue weighted by molar-refractivity contribution is -0.274.